The van der Waals surface area contributed by atoms with Crippen molar-refractivity contribution in [2.75, 3.05) is 16.4 Å². The van der Waals surface area contributed by atoms with Crippen LogP contribution in [-0.4, -0.2) is 11.8 Å². The second kappa shape index (κ2) is 4.70. The average molecular weight is 267 g/mol. The van der Waals surface area contributed by atoms with E-state index in [1.54, 1.807) is 36.4 Å². The fraction of sp³-hybridized carbons (Fsp3) is 0.0667. The first-order valence-electron chi connectivity index (χ1n) is 6.22. The maximum Gasteiger partial charge on any atom is 0.257 e. The minimum Gasteiger partial charge on any atom is -0.398 e. The first kappa shape index (κ1) is 12.2. The summed E-state index contributed by atoms with van der Waals surface area (Å²) < 4.78 is 0. The van der Waals surface area contributed by atoms with E-state index in [9.17, 15) is 9.59 Å². The predicted octanol–water partition coefficient (Wildman–Crippen LogP) is 2.02. The molecule has 0 radical (unpaired) electrons. The Hall–Kier alpha value is -2.82. The van der Waals surface area contributed by atoms with Crippen molar-refractivity contribution in [2.45, 2.75) is 6.42 Å². The molecule has 0 bridgehead atoms. The molecule has 0 saturated heterocycles. The zero-order valence-electron chi connectivity index (χ0n) is 10.6. The summed E-state index contributed by atoms with van der Waals surface area (Å²) >= 11 is 0. The van der Waals surface area contributed by atoms with Gasteiger partial charge in [0.25, 0.3) is 5.91 Å². The van der Waals surface area contributed by atoms with Gasteiger partial charge < -0.3 is 16.4 Å². The standard InChI is InChI=1S/C15H13N3O2/c16-12-4-2-1-3-11(12)15(20)17-10-6-5-9-7-14(19)18-13(9)8-10/h1-6,8H,7,16H2,(H,17,20)(H,18,19). The summed E-state index contributed by atoms with van der Waals surface area (Å²) in [4.78, 5) is 23.4. The van der Waals surface area contributed by atoms with Crippen molar-refractivity contribution in [3.05, 3.63) is 53.6 Å². The Morgan fingerprint density at radius 3 is 2.80 bits per heavy atom. The number of nitrogens with one attached hydrogen (secondary N) is 2. The number of amides is 2. The molecule has 1 aliphatic heterocycles. The van der Waals surface area contributed by atoms with Crippen molar-refractivity contribution in [2.24, 2.45) is 0 Å². The lowest BCUT2D eigenvalue weighted by Gasteiger charge is -2.08. The van der Waals surface area contributed by atoms with Crippen molar-refractivity contribution in [3.8, 4) is 0 Å². The zero-order valence-corrected chi connectivity index (χ0v) is 10.6. The van der Waals surface area contributed by atoms with Gasteiger partial charge in [-0.2, -0.15) is 0 Å². The number of benzene rings is 2. The van der Waals surface area contributed by atoms with Crippen LogP contribution in [0.15, 0.2) is 42.5 Å². The van der Waals surface area contributed by atoms with Gasteiger partial charge in [-0.25, -0.2) is 0 Å². The SMILES string of the molecule is Nc1ccccc1C(=O)Nc1ccc2c(c1)NC(=O)C2. The van der Waals surface area contributed by atoms with Gasteiger partial charge in [-0.05, 0) is 29.8 Å². The third kappa shape index (κ3) is 2.21. The van der Waals surface area contributed by atoms with Crippen molar-refractivity contribution < 1.29 is 9.59 Å². The lowest BCUT2D eigenvalue weighted by molar-refractivity contribution is -0.115. The van der Waals surface area contributed by atoms with E-state index in [2.05, 4.69) is 10.6 Å². The summed E-state index contributed by atoms with van der Waals surface area (Å²) in [6.07, 6.45) is 0.384. The van der Waals surface area contributed by atoms with Crippen molar-refractivity contribution >= 4 is 28.9 Å². The highest BCUT2D eigenvalue weighted by Crippen LogP contribution is 2.26. The number of carbonyl (C=O) groups excluding carboxylic acids is 2. The molecule has 100 valence electrons. The van der Waals surface area contributed by atoms with Crippen LogP contribution in [0.1, 0.15) is 15.9 Å². The first-order chi connectivity index (χ1) is 9.63. The van der Waals surface area contributed by atoms with E-state index in [4.69, 9.17) is 5.73 Å². The Kier molecular flexibility index (Phi) is 2.87. The van der Waals surface area contributed by atoms with Gasteiger partial charge in [0, 0.05) is 17.1 Å². The smallest absolute Gasteiger partial charge is 0.257 e. The molecule has 0 saturated carbocycles. The van der Waals surface area contributed by atoms with Crippen LogP contribution in [0.2, 0.25) is 0 Å². The second-order valence-corrected chi connectivity index (χ2v) is 4.64. The van der Waals surface area contributed by atoms with Gasteiger partial charge in [-0.1, -0.05) is 18.2 Å². The number of para-hydroxylation sites is 1. The van der Waals surface area contributed by atoms with Gasteiger partial charge in [-0.3, -0.25) is 9.59 Å². The van der Waals surface area contributed by atoms with Crippen LogP contribution in [-0.2, 0) is 11.2 Å². The highest BCUT2D eigenvalue weighted by Gasteiger charge is 2.18. The molecule has 2 amide bonds. The number of fused-ring (bicyclic) bond motifs is 1. The molecule has 0 aromatic heterocycles. The first-order valence-corrected chi connectivity index (χ1v) is 6.22. The van der Waals surface area contributed by atoms with E-state index >= 15 is 0 Å². The van der Waals surface area contributed by atoms with Crippen molar-refractivity contribution in [1.29, 1.82) is 0 Å². The maximum atomic E-state index is 12.1. The van der Waals surface area contributed by atoms with E-state index in [-0.39, 0.29) is 11.8 Å². The van der Waals surface area contributed by atoms with Crippen LogP contribution in [0, 0.1) is 0 Å². The summed E-state index contributed by atoms with van der Waals surface area (Å²) in [7, 11) is 0. The molecular formula is C15H13N3O2. The molecule has 2 aromatic carbocycles. The van der Waals surface area contributed by atoms with Crippen LogP contribution in [0.5, 0.6) is 0 Å². The maximum absolute atomic E-state index is 12.1. The van der Waals surface area contributed by atoms with Crippen LogP contribution in [0.3, 0.4) is 0 Å². The average Bonchev–Trinajstić information content (AvgIpc) is 2.78. The number of anilines is 3. The van der Waals surface area contributed by atoms with Gasteiger partial charge in [-0.15, -0.1) is 0 Å². The molecule has 20 heavy (non-hydrogen) atoms. The molecular weight excluding hydrogens is 254 g/mol. The fourth-order valence-electron chi connectivity index (χ4n) is 2.19. The van der Waals surface area contributed by atoms with E-state index in [0.717, 1.165) is 11.3 Å². The molecule has 5 heteroatoms. The monoisotopic (exact) mass is 267 g/mol. The van der Waals surface area contributed by atoms with Crippen LogP contribution in [0.25, 0.3) is 0 Å². The molecule has 0 aliphatic carbocycles. The predicted molar refractivity (Wildman–Crippen MR) is 77.6 cm³/mol. The molecule has 4 N–H and O–H groups in total. The highest BCUT2D eigenvalue weighted by molar-refractivity contribution is 6.08. The van der Waals surface area contributed by atoms with Gasteiger partial charge in [0.2, 0.25) is 5.91 Å². The summed E-state index contributed by atoms with van der Waals surface area (Å²) in [5.41, 5.74) is 8.93. The molecule has 0 spiro atoms. The summed E-state index contributed by atoms with van der Waals surface area (Å²) in [6.45, 7) is 0. The number of carbonyl (C=O) groups is 2. The third-order valence-electron chi connectivity index (χ3n) is 3.20. The Labute approximate surface area is 115 Å². The number of nitrogens with two attached hydrogens (primary N) is 1. The van der Waals surface area contributed by atoms with Crippen LogP contribution in [0.4, 0.5) is 17.1 Å². The lowest BCUT2D eigenvalue weighted by atomic mass is 10.1. The van der Waals surface area contributed by atoms with E-state index in [1.165, 1.54) is 0 Å². The topological polar surface area (TPSA) is 84.2 Å². The Balaban J connectivity index is 1.82. The Bertz CT molecular complexity index is 710. The number of nitrogen functional groups attached to an aromatic ring is 1. The highest BCUT2D eigenvalue weighted by atomic mass is 16.2. The number of rotatable bonds is 2. The fourth-order valence-corrected chi connectivity index (χ4v) is 2.19. The molecule has 0 atom stereocenters. The lowest BCUT2D eigenvalue weighted by Crippen LogP contribution is -2.14. The van der Waals surface area contributed by atoms with Crippen LogP contribution < -0.4 is 16.4 Å². The van der Waals surface area contributed by atoms with Gasteiger partial charge in [0.15, 0.2) is 0 Å². The van der Waals surface area contributed by atoms with E-state index in [0.29, 0.717) is 23.4 Å². The molecule has 1 heterocycles. The van der Waals surface area contributed by atoms with Gasteiger partial charge in [0.05, 0.1) is 12.0 Å². The van der Waals surface area contributed by atoms with Crippen LogP contribution >= 0.6 is 0 Å². The normalized spacial score (nSPS) is 12.7. The van der Waals surface area contributed by atoms with Crippen molar-refractivity contribution in [3.63, 3.8) is 0 Å². The molecule has 3 rings (SSSR count). The Morgan fingerprint density at radius 1 is 1.20 bits per heavy atom. The molecule has 1 aliphatic rings. The van der Waals surface area contributed by atoms with E-state index in [1.807, 2.05) is 6.07 Å². The molecule has 2 aromatic rings. The van der Waals surface area contributed by atoms with Gasteiger partial charge in [0.1, 0.15) is 0 Å². The zero-order chi connectivity index (χ0) is 14.1. The third-order valence-corrected chi connectivity index (χ3v) is 3.20. The van der Waals surface area contributed by atoms with Gasteiger partial charge >= 0.3 is 0 Å². The summed E-state index contributed by atoms with van der Waals surface area (Å²) in [5.74, 6) is -0.303. The minimum absolute atomic E-state index is 0.0317. The summed E-state index contributed by atoms with van der Waals surface area (Å²) in [6, 6.07) is 12.2. The van der Waals surface area contributed by atoms with Crippen molar-refractivity contribution in [1.82, 2.24) is 0 Å². The Morgan fingerprint density at radius 2 is 2.00 bits per heavy atom. The second-order valence-electron chi connectivity index (χ2n) is 4.64. The molecule has 5 nitrogen and oxygen atoms in total. The number of hydrogen-bond donors (Lipinski definition) is 3. The quantitative estimate of drug-likeness (QED) is 0.728. The van der Waals surface area contributed by atoms with E-state index < -0.39 is 0 Å². The summed E-state index contributed by atoms with van der Waals surface area (Å²) in [5, 5.41) is 5.52. The molecule has 0 fully saturated rings. The minimum atomic E-state index is -0.271. The largest absolute Gasteiger partial charge is 0.398 e. The number of hydrogen-bond acceptors (Lipinski definition) is 3. The molecule has 0 unspecified atom stereocenters.